The van der Waals surface area contributed by atoms with E-state index in [0.717, 1.165) is 12.0 Å². The molecular formula is C10H13ClO3. The number of rotatable bonds is 3. The number of aliphatic hydroxyl groups is 1. The van der Waals surface area contributed by atoms with Crippen LogP contribution in [0.15, 0.2) is 6.07 Å². The molecular weight excluding hydrogens is 204 g/mol. The van der Waals surface area contributed by atoms with E-state index in [-0.39, 0.29) is 12.4 Å². The molecule has 0 heterocycles. The zero-order valence-electron chi connectivity index (χ0n) is 8.17. The summed E-state index contributed by atoms with van der Waals surface area (Å²) in [5.74, 6) is 0.257. The average molecular weight is 217 g/mol. The summed E-state index contributed by atoms with van der Waals surface area (Å²) < 4.78 is 4.97. The van der Waals surface area contributed by atoms with Crippen LogP contribution in [0, 0.1) is 0 Å². The number of aliphatic hydroxyl groups excluding tert-OH is 1. The molecule has 0 unspecified atom stereocenters. The van der Waals surface area contributed by atoms with Crippen LogP contribution >= 0.6 is 11.6 Å². The van der Waals surface area contributed by atoms with Gasteiger partial charge in [-0.15, -0.1) is 0 Å². The van der Waals surface area contributed by atoms with Gasteiger partial charge in [-0.3, -0.25) is 0 Å². The maximum atomic E-state index is 9.62. The summed E-state index contributed by atoms with van der Waals surface area (Å²) in [6.07, 6.45) is 0.725. The first-order valence-electron chi connectivity index (χ1n) is 4.33. The van der Waals surface area contributed by atoms with Gasteiger partial charge in [0.25, 0.3) is 0 Å². The second-order valence-corrected chi connectivity index (χ2v) is 3.27. The highest BCUT2D eigenvalue weighted by Gasteiger charge is 2.15. The van der Waals surface area contributed by atoms with Crippen molar-refractivity contribution >= 4 is 11.6 Å². The van der Waals surface area contributed by atoms with Crippen molar-refractivity contribution in [2.75, 3.05) is 7.11 Å². The number of aromatic hydroxyl groups is 1. The van der Waals surface area contributed by atoms with Gasteiger partial charge in [-0.25, -0.2) is 0 Å². The van der Waals surface area contributed by atoms with Crippen LogP contribution in [0.5, 0.6) is 11.5 Å². The van der Waals surface area contributed by atoms with Gasteiger partial charge in [-0.2, -0.15) is 0 Å². The maximum absolute atomic E-state index is 9.62. The van der Waals surface area contributed by atoms with E-state index >= 15 is 0 Å². The maximum Gasteiger partial charge on any atom is 0.164 e. The fourth-order valence-electron chi connectivity index (χ4n) is 1.29. The average Bonchev–Trinajstić information content (AvgIpc) is 2.19. The van der Waals surface area contributed by atoms with E-state index < -0.39 is 0 Å². The lowest BCUT2D eigenvalue weighted by molar-refractivity contribution is 0.272. The highest BCUT2D eigenvalue weighted by molar-refractivity contribution is 6.32. The predicted octanol–water partition coefficient (Wildman–Crippen LogP) is 2.11. The Morgan fingerprint density at radius 1 is 1.50 bits per heavy atom. The quantitative estimate of drug-likeness (QED) is 0.814. The van der Waals surface area contributed by atoms with E-state index in [2.05, 4.69) is 0 Å². The zero-order chi connectivity index (χ0) is 10.7. The Kier molecular flexibility index (Phi) is 3.61. The number of hydrogen-bond acceptors (Lipinski definition) is 3. The molecule has 1 rings (SSSR count). The fraction of sp³-hybridized carbons (Fsp3) is 0.400. The number of hydrogen-bond donors (Lipinski definition) is 2. The van der Waals surface area contributed by atoms with Gasteiger partial charge in [-0.1, -0.05) is 18.5 Å². The Morgan fingerprint density at radius 3 is 2.57 bits per heavy atom. The van der Waals surface area contributed by atoms with Crippen molar-refractivity contribution in [3.05, 3.63) is 22.2 Å². The predicted molar refractivity (Wildman–Crippen MR) is 55.0 cm³/mol. The van der Waals surface area contributed by atoms with E-state index in [1.165, 1.54) is 7.11 Å². The summed E-state index contributed by atoms with van der Waals surface area (Å²) in [4.78, 5) is 0. The molecule has 0 atom stereocenters. The Hall–Kier alpha value is -0.930. The summed E-state index contributed by atoms with van der Waals surface area (Å²) in [5.41, 5.74) is 1.17. The van der Waals surface area contributed by atoms with Crippen molar-refractivity contribution in [3.8, 4) is 11.5 Å². The summed E-state index contributed by atoms with van der Waals surface area (Å²) in [7, 11) is 1.46. The summed E-state index contributed by atoms with van der Waals surface area (Å²) >= 11 is 5.97. The highest BCUT2D eigenvalue weighted by Crippen LogP contribution is 2.37. The lowest BCUT2D eigenvalue weighted by atomic mass is 10.1. The fourth-order valence-corrected chi connectivity index (χ4v) is 1.63. The van der Waals surface area contributed by atoms with Crippen molar-refractivity contribution in [3.63, 3.8) is 0 Å². The van der Waals surface area contributed by atoms with Gasteiger partial charge in [0, 0.05) is 5.56 Å². The van der Waals surface area contributed by atoms with Crippen molar-refractivity contribution in [1.82, 2.24) is 0 Å². The normalized spacial score (nSPS) is 10.3. The molecule has 2 N–H and O–H groups in total. The van der Waals surface area contributed by atoms with Crippen molar-refractivity contribution in [2.45, 2.75) is 20.0 Å². The van der Waals surface area contributed by atoms with Crippen LogP contribution in [-0.2, 0) is 13.0 Å². The van der Waals surface area contributed by atoms with Gasteiger partial charge < -0.3 is 14.9 Å². The molecule has 4 heteroatoms. The van der Waals surface area contributed by atoms with Gasteiger partial charge in [0.15, 0.2) is 11.5 Å². The van der Waals surface area contributed by atoms with Crippen LogP contribution in [0.25, 0.3) is 0 Å². The van der Waals surface area contributed by atoms with E-state index in [0.29, 0.717) is 16.3 Å². The first-order valence-corrected chi connectivity index (χ1v) is 4.71. The Labute approximate surface area is 87.9 Å². The van der Waals surface area contributed by atoms with Crippen molar-refractivity contribution < 1.29 is 14.9 Å². The molecule has 0 radical (unpaired) electrons. The molecule has 0 aliphatic rings. The van der Waals surface area contributed by atoms with Crippen molar-refractivity contribution in [2.24, 2.45) is 0 Å². The van der Waals surface area contributed by atoms with Crippen LogP contribution in [0.2, 0.25) is 5.02 Å². The van der Waals surface area contributed by atoms with Crippen LogP contribution in [0.4, 0.5) is 0 Å². The number of aryl methyl sites for hydroxylation is 1. The molecule has 0 aromatic heterocycles. The van der Waals surface area contributed by atoms with E-state index in [1.54, 1.807) is 6.07 Å². The highest BCUT2D eigenvalue weighted by atomic mass is 35.5. The standard InChI is InChI=1S/C10H13ClO3/c1-3-6-4-8(14-2)10(13)7(5-12)9(6)11/h4,12-13H,3,5H2,1-2H3. The first kappa shape index (κ1) is 11.1. The Balaban J connectivity index is 3.39. The van der Waals surface area contributed by atoms with Crippen LogP contribution < -0.4 is 4.74 Å². The number of benzene rings is 1. The summed E-state index contributed by atoms with van der Waals surface area (Å²) in [6, 6.07) is 1.68. The molecule has 0 amide bonds. The van der Waals surface area contributed by atoms with Gasteiger partial charge in [0.1, 0.15) is 0 Å². The van der Waals surface area contributed by atoms with Crippen LogP contribution in [0.3, 0.4) is 0 Å². The van der Waals surface area contributed by atoms with Gasteiger partial charge in [0.05, 0.1) is 18.7 Å². The minimum Gasteiger partial charge on any atom is -0.504 e. The molecule has 0 bridgehead atoms. The number of halogens is 1. The Bertz CT molecular complexity index is 308. The molecule has 0 spiro atoms. The molecule has 78 valence electrons. The monoisotopic (exact) mass is 216 g/mol. The lowest BCUT2D eigenvalue weighted by Crippen LogP contribution is -1.95. The van der Waals surface area contributed by atoms with Gasteiger partial charge in [-0.05, 0) is 18.1 Å². The minimum atomic E-state index is -0.297. The second kappa shape index (κ2) is 4.53. The first-order chi connectivity index (χ1) is 6.65. The molecule has 14 heavy (non-hydrogen) atoms. The molecule has 0 fully saturated rings. The number of phenols is 1. The second-order valence-electron chi connectivity index (χ2n) is 2.89. The third kappa shape index (κ3) is 1.79. The van der Waals surface area contributed by atoms with Crippen LogP contribution in [0.1, 0.15) is 18.1 Å². The SMILES string of the molecule is CCc1cc(OC)c(O)c(CO)c1Cl. The molecule has 0 aliphatic heterocycles. The van der Waals surface area contributed by atoms with E-state index in [4.69, 9.17) is 21.4 Å². The lowest BCUT2D eigenvalue weighted by Gasteiger charge is -2.12. The van der Waals surface area contributed by atoms with Crippen LogP contribution in [-0.4, -0.2) is 17.3 Å². The van der Waals surface area contributed by atoms with E-state index in [1.807, 2.05) is 6.92 Å². The largest absolute Gasteiger partial charge is 0.504 e. The topological polar surface area (TPSA) is 49.7 Å². The Morgan fingerprint density at radius 2 is 2.14 bits per heavy atom. The molecule has 1 aromatic carbocycles. The molecule has 1 aromatic rings. The van der Waals surface area contributed by atoms with Gasteiger partial charge in [0.2, 0.25) is 0 Å². The molecule has 0 saturated heterocycles. The third-order valence-corrected chi connectivity index (χ3v) is 2.60. The van der Waals surface area contributed by atoms with Crippen molar-refractivity contribution in [1.29, 1.82) is 0 Å². The zero-order valence-corrected chi connectivity index (χ0v) is 8.93. The number of ether oxygens (including phenoxy) is 1. The molecule has 3 nitrogen and oxygen atoms in total. The number of methoxy groups -OCH3 is 1. The third-order valence-electron chi connectivity index (χ3n) is 2.13. The smallest absolute Gasteiger partial charge is 0.164 e. The van der Waals surface area contributed by atoms with Gasteiger partial charge >= 0.3 is 0 Å². The molecule has 0 saturated carbocycles. The van der Waals surface area contributed by atoms with E-state index in [9.17, 15) is 5.11 Å². The summed E-state index contributed by atoms with van der Waals surface area (Å²) in [5, 5.41) is 19.1. The summed E-state index contributed by atoms with van der Waals surface area (Å²) in [6.45, 7) is 1.65. The molecule has 0 aliphatic carbocycles. The minimum absolute atomic E-state index is 0.0859.